The number of benzene rings is 1. The minimum Gasteiger partial charge on any atom is -0.258 e. The van der Waals surface area contributed by atoms with E-state index in [4.69, 9.17) is 4.84 Å². The van der Waals surface area contributed by atoms with Gasteiger partial charge in [-0.3, -0.25) is 4.84 Å². The molecule has 1 aliphatic carbocycles. The standard InChI is InChI=1S/C13H13NO3S/c15-18(16,12-9-5-2-6-10-12)14-13(17-14)11-7-3-1-4-8-11/h1-7,9-11,13H,8H2/t11?,13-,14?/m0/s1. The lowest BCUT2D eigenvalue weighted by molar-refractivity contribution is 0.273. The van der Waals surface area contributed by atoms with E-state index < -0.39 is 10.0 Å². The molecule has 0 saturated carbocycles. The van der Waals surface area contributed by atoms with E-state index in [1.165, 1.54) is 0 Å². The Morgan fingerprint density at radius 2 is 1.94 bits per heavy atom. The fourth-order valence-corrected chi connectivity index (χ4v) is 3.35. The predicted molar refractivity (Wildman–Crippen MR) is 66.7 cm³/mol. The van der Waals surface area contributed by atoms with Crippen LogP contribution >= 0.6 is 0 Å². The number of hydroxylamine groups is 1. The van der Waals surface area contributed by atoms with Gasteiger partial charge in [-0.05, 0) is 23.0 Å². The molecule has 0 aromatic heterocycles. The second-order valence-corrected chi connectivity index (χ2v) is 6.06. The highest BCUT2D eigenvalue weighted by molar-refractivity contribution is 7.89. The zero-order valence-electron chi connectivity index (χ0n) is 9.64. The van der Waals surface area contributed by atoms with Crippen LogP contribution in [-0.2, 0) is 14.9 Å². The van der Waals surface area contributed by atoms with Crippen LogP contribution in [-0.4, -0.2) is 19.1 Å². The highest BCUT2D eigenvalue weighted by Crippen LogP contribution is 2.37. The van der Waals surface area contributed by atoms with Gasteiger partial charge in [-0.1, -0.05) is 42.5 Å². The Balaban J connectivity index is 1.78. The summed E-state index contributed by atoms with van der Waals surface area (Å²) in [5.74, 6) is 0.105. The summed E-state index contributed by atoms with van der Waals surface area (Å²) in [6.45, 7) is 0. The van der Waals surface area contributed by atoms with Crippen LogP contribution in [0.4, 0.5) is 0 Å². The summed E-state index contributed by atoms with van der Waals surface area (Å²) in [6, 6.07) is 8.34. The normalized spacial score (nSPS) is 30.3. The molecule has 94 valence electrons. The summed E-state index contributed by atoms with van der Waals surface area (Å²) < 4.78 is 25.5. The topological polar surface area (TPSA) is 49.7 Å². The number of hydrogen-bond donors (Lipinski definition) is 0. The second kappa shape index (κ2) is 4.35. The maximum atomic E-state index is 12.2. The first-order chi connectivity index (χ1) is 8.69. The van der Waals surface area contributed by atoms with E-state index in [0.717, 1.165) is 10.9 Å². The molecule has 4 nitrogen and oxygen atoms in total. The molecular formula is C13H13NO3S. The monoisotopic (exact) mass is 263 g/mol. The molecule has 1 aromatic carbocycles. The Hall–Kier alpha value is -1.43. The van der Waals surface area contributed by atoms with Crippen LogP contribution in [0.15, 0.2) is 59.5 Å². The summed E-state index contributed by atoms with van der Waals surface area (Å²) in [5.41, 5.74) is 0. The molecule has 0 radical (unpaired) electrons. The Morgan fingerprint density at radius 3 is 2.61 bits per heavy atom. The van der Waals surface area contributed by atoms with Gasteiger partial charge < -0.3 is 0 Å². The van der Waals surface area contributed by atoms with Gasteiger partial charge in [0.15, 0.2) is 6.23 Å². The third-order valence-electron chi connectivity index (χ3n) is 3.03. The molecule has 1 fully saturated rings. The van der Waals surface area contributed by atoms with Gasteiger partial charge in [0, 0.05) is 5.92 Å². The van der Waals surface area contributed by atoms with E-state index >= 15 is 0 Å². The van der Waals surface area contributed by atoms with Crippen molar-refractivity contribution in [3.05, 3.63) is 54.6 Å². The molecule has 1 aliphatic heterocycles. The molecule has 2 aliphatic rings. The number of hydrogen-bond acceptors (Lipinski definition) is 3. The van der Waals surface area contributed by atoms with Crippen LogP contribution in [0.2, 0.25) is 0 Å². The van der Waals surface area contributed by atoms with E-state index in [-0.39, 0.29) is 17.0 Å². The SMILES string of the molecule is O=S(=O)(c1ccccc1)N1O[C@H]1C1C=CC=CC1. The highest BCUT2D eigenvalue weighted by Gasteiger charge is 2.50. The molecule has 1 heterocycles. The molecule has 0 bridgehead atoms. The summed E-state index contributed by atoms with van der Waals surface area (Å²) >= 11 is 0. The van der Waals surface area contributed by atoms with E-state index in [1.807, 2.05) is 24.3 Å². The quantitative estimate of drug-likeness (QED) is 0.784. The smallest absolute Gasteiger partial charge is 0.258 e. The minimum absolute atomic E-state index is 0.105. The zero-order chi connectivity index (χ0) is 12.6. The first kappa shape index (κ1) is 11.6. The molecule has 18 heavy (non-hydrogen) atoms. The van der Waals surface area contributed by atoms with Gasteiger partial charge in [-0.15, -0.1) is 0 Å². The average Bonchev–Trinajstić information content (AvgIpc) is 3.22. The first-order valence-corrected chi connectivity index (χ1v) is 7.23. The lowest BCUT2D eigenvalue weighted by Crippen LogP contribution is -2.18. The summed E-state index contributed by atoms with van der Waals surface area (Å²) in [5, 5.41) is 0. The first-order valence-electron chi connectivity index (χ1n) is 5.79. The fourth-order valence-electron chi connectivity index (χ4n) is 2.01. The van der Waals surface area contributed by atoms with Gasteiger partial charge in [-0.25, -0.2) is 8.42 Å². The van der Waals surface area contributed by atoms with Gasteiger partial charge in [0.2, 0.25) is 0 Å². The Bertz CT molecular complexity index is 592. The van der Waals surface area contributed by atoms with E-state index in [9.17, 15) is 8.42 Å². The van der Waals surface area contributed by atoms with Gasteiger partial charge >= 0.3 is 0 Å². The molecule has 0 amide bonds. The van der Waals surface area contributed by atoms with Gasteiger partial charge in [0.05, 0.1) is 4.90 Å². The van der Waals surface area contributed by atoms with Crippen molar-refractivity contribution >= 4 is 10.0 Å². The minimum atomic E-state index is -3.51. The van der Waals surface area contributed by atoms with Crippen LogP contribution in [0.3, 0.4) is 0 Å². The van der Waals surface area contributed by atoms with E-state index in [2.05, 4.69) is 0 Å². The lowest BCUT2D eigenvalue weighted by Gasteiger charge is -2.08. The fraction of sp³-hybridized carbons (Fsp3) is 0.231. The molecule has 5 heteroatoms. The van der Waals surface area contributed by atoms with Crippen LogP contribution in [0.25, 0.3) is 0 Å². The molecule has 1 saturated heterocycles. The van der Waals surface area contributed by atoms with Crippen molar-refractivity contribution < 1.29 is 13.3 Å². The number of nitrogens with zero attached hydrogens (tertiary/aromatic N) is 1. The Morgan fingerprint density at radius 1 is 1.17 bits per heavy atom. The zero-order valence-corrected chi connectivity index (χ0v) is 10.5. The molecule has 1 aromatic rings. The van der Waals surface area contributed by atoms with Crippen molar-refractivity contribution in [2.45, 2.75) is 17.5 Å². The van der Waals surface area contributed by atoms with Crippen molar-refractivity contribution in [2.75, 3.05) is 0 Å². The van der Waals surface area contributed by atoms with Crippen LogP contribution in [0, 0.1) is 5.92 Å². The molecule has 3 atom stereocenters. The maximum Gasteiger partial charge on any atom is 0.267 e. The highest BCUT2D eigenvalue weighted by atomic mass is 32.2. The van der Waals surface area contributed by atoms with Gasteiger partial charge in [0.1, 0.15) is 0 Å². The molecule has 3 rings (SSSR count). The third-order valence-corrected chi connectivity index (χ3v) is 4.67. The largest absolute Gasteiger partial charge is 0.267 e. The van der Waals surface area contributed by atoms with Gasteiger partial charge in [0.25, 0.3) is 10.0 Å². The number of allylic oxidation sites excluding steroid dienone is 3. The predicted octanol–water partition coefficient (Wildman–Crippen LogP) is 2.08. The molecule has 2 unspecified atom stereocenters. The number of sulfonamides is 1. The van der Waals surface area contributed by atoms with E-state index in [0.29, 0.717) is 0 Å². The van der Waals surface area contributed by atoms with Crippen LogP contribution in [0.1, 0.15) is 6.42 Å². The summed E-state index contributed by atoms with van der Waals surface area (Å²) in [6.07, 6.45) is 8.31. The van der Waals surface area contributed by atoms with Crippen LogP contribution in [0.5, 0.6) is 0 Å². The Kier molecular flexibility index (Phi) is 2.81. The number of rotatable bonds is 3. The maximum absolute atomic E-state index is 12.2. The van der Waals surface area contributed by atoms with Crippen molar-refractivity contribution in [3.8, 4) is 0 Å². The van der Waals surface area contributed by atoms with Crippen molar-refractivity contribution in [1.82, 2.24) is 4.47 Å². The molecule has 0 N–H and O–H groups in total. The molecule has 0 spiro atoms. The van der Waals surface area contributed by atoms with Gasteiger partial charge in [-0.2, -0.15) is 0 Å². The average molecular weight is 263 g/mol. The van der Waals surface area contributed by atoms with Crippen molar-refractivity contribution in [1.29, 1.82) is 0 Å². The summed E-state index contributed by atoms with van der Waals surface area (Å²) in [7, 11) is -3.51. The third kappa shape index (κ3) is 2.01. The molecular weight excluding hydrogens is 250 g/mol. The Labute approximate surface area is 106 Å². The van der Waals surface area contributed by atoms with Crippen molar-refractivity contribution in [2.24, 2.45) is 5.92 Å². The van der Waals surface area contributed by atoms with Crippen molar-refractivity contribution in [3.63, 3.8) is 0 Å². The van der Waals surface area contributed by atoms with E-state index in [1.54, 1.807) is 30.3 Å². The lowest BCUT2D eigenvalue weighted by atomic mass is 10.0. The summed E-state index contributed by atoms with van der Waals surface area (Å²) in [4.78, 5) is 5.50. The second-order valence-electron chi connectivity index (χ2n) is 4.28. The van der Waals surface area contributed by atoms with Crippen LogP contribution < -0.4 is 0 Å².